The second-order valence-electron chi connectivity index (χ2n) is 6.34. The first-order valence-electron chi connectivity index (χ1n) is 7.71. The zero-order valence-corrected chi connectivity index (χ0v) is 13.6. The highest BCUT2D eigenvalue weighted by molar-refractivity contribution is 5.90. The molecule has 0 atom stereocenters. The Labute approximate surface area is 130 Å². The fourth-order valence-corrected chi connectivity index (χ4v) is 2.63. The van der Waals surface area contributed by atoms with Gasteiger partial charge in [0.25, 0.3) is 5.56 Å². The van der Waals surface area contributed by atoms with E-state index in [4.69, 9.17) is 4.74 Å². The number of aromatic nitrogens is 1. The molecule has 0 aromatic carbocycles. The maximum absolute atomic E-state index is 12.1. The summed E-state index contributed by atoms with van der Waals surface area (Å²) in [6, 6.07) is 3.41. The van der Waals surface area contributed by atoms with Crippen LogP contribution in [0.15, 0.2) is 16.9 Å². The molecular formula is C16H25N3O3. The quantitative estimate of drug-likeness (QED) is 0.865. The van der Waals surface area contributed by atoms with Crippen molar-refractivity contribution in [1.29, 1.82) is 0 Å². The first-order chi connectivity index (χ1) is 10.4. The van der Waals surface area contributed by atoms with Gasteiger partial charge in [-0.2, -0.15) is 0 Å². The standard InChI is InChI=1S/C16H25N3O3/c1-12-4-5-13(15(21)17-12)18-14(20)6-7-16(2,3)19-8-10-22-11-9-19/h4-5H,6-11H2,1-3H3,(H,17,21)(H,18,20). The third-order valence-electron chi connectivity index (χ3n) is 4.16. The number of aryl methyl sites for hydroxylation is 1. The Hall–Kier alpha value is -1.66. The van der Waals surface area contributed by atoms with E-state index in [-0.39, 0.29) is 17.0 Å². The van der Waals surface area contributed by atoms with Gasteiger partial charge in [-0.05, 0) is 39.3 Å². The van der Waals surface area contributed by atoms with Gasteiger partial charge in [-0.3, -0.25) is 14.5 Å². The second-order valence-corrected chi connectivity index (χ2v) is 6.34. The highest BCUT2D eigenvalue weighted by atomic mass is 16.5. The second kappa shape index (κ2) is 7.07. The van der Waals surface area contributed by atoms with Gasteiger partial charge in [0.05, 0.1) is 13.2 Å². The van der Waals surface area contributed by atoms with Crippen molar-refractivity contribution in [2.75, 3.05) is 31.6 Å². The molecule has 0 saturated carbocycles. The normalized spacial score (nSPS) is 16.5. The number of rotatable bonds is 5. The van der Waals surface area contributed by atoms with Crippen LogP contribution in [0.4, 0.5) is 5.69 Å². The lowest BCUT2D eigenvalue weighted by molar-refractivity contribution is -0.117. The van der Waals surface area contributed by atoms with E-state index in [0.717, 1.165) is 38.4 Å². The zero-order valence-electron chi connectivity index (χ0n) is 13.6. The van der Waals surface area contributed by atoms with Crippen molar-refractivity contribution in [1.82, 2.24) is 9.88 Å². The Bertz CT molecular complexity index is 574. The molecule has 122 valence electrons. The SMILES string of the molecule is Cc1ccc(NC(=O)CCC(C)(C)N2CCOCC2)c(=O)[nH]1. The fourth-order valence-electron chi connectivity index (χ4n) is 2.63. The van der Waals surface area contributed by atoms with Crippen LogP contribution in [0.25, 0.3) is 0 Å². The monoisotopic (exact) mass is 307 g/mol. The molecule has 1 aliphatic rings. The zero-order chi connectivity index (χ0) is 16.2. The van der Waals surface area contributed by atoms with Crippen LogP contribution in [0.3, 0.4) is 0 Å². The molecule has 22 heavy (non-hydrogen) atoms. The topological polar surface area (TPSA) is 74.4 Å². The van der Waals surface area contributed by atoms with E-state index in [2.05, 4.69) is 29.0 Å². The molecule has 6 nitrogen and oxygen atoms in total. The number of anilines is 1. The lowest BCUT2D eigenvalue weighted by atomic mass is 9.95. The number of ether oxygens (including phenoxy) is 1. The highest BCUT2D eigenvalue weighted by Gasteiger charge is 2.28. The minimum Gasteiger partial charge on any atom is -0.379 e. The smallest absolute Gasteiger partial charge is 0.271 e. The van der Waals surface area contributed by atoms with Crippen molar-refractivity contribution in [3.8, 4) is 0 Å². The minimum atomic E-state index is -0.263. The molecule has 1 aliphatic heterocycles. The van der Waals surface area contributed by atoms with Crippen LogP contribution in [0.1, 0.15) is 32.4 Å². The predicted molar refractivity (Wildman–Crippen MR) is 86.1 cm³/mol. The minimum absolute atomic E-state index is 0.0547. The average Bonchev–Trinajstić information content (AvgIpc) is 2.49. The molecular weight excluding hydrogens is 282 g/mol. The maximum atomic E-state index is 12.1. The number of hydrogen-bond donors (Lipinski definition) is 2. The summed E-state index contributed by atoms with van der Waals surface area (Å²) in [4.78, 5) is 28.8. The first kappa shape index (κ1) is 16.7. The molecule has 1 saturated heterocycles. The summed E-state index contributed by atoms with van der Waals surface area (Å²) in [5, 5.41) is 2.69. The Morgan fingerprint density at radius 3 is 2.68 bits per heavy atom. The number of nitrogens with zero attached hydrogens (tertiary/aromatic N) is 1. The molecule has 1 aromatic rings. The lowest BCUT2D eigenvalue weighted by Gasteiger charge is -2.40. The molecule has 0 unspecified atom stereocenters. The molecule has 1 amide bonds. The van der Waals surface area contributed by atoms with Crippen LogP contribution in [-0.2, 0) is 9.53 Å². The molecule has 2 heterocycles. The van der Waals surface area contributed by atoms with E-state index in [9.17, 15) is 9.59 Å². The van der Waals surface area contributed by atoms with Crippen molar-refractivity contribution in [2.24, 2.45) is 0 Å². The Balaban J connectivity index is 1.87. The van der Waals surface area contributed by atoms with Crippen molar-refractivity contribution < 1.29 is 9.53 Å². The van der Waals surface area contributed by atoms with Gasteiger partial charge in [0, 0.05) is 30.7 Å². The Morgan fingerprint density at radius 1 is 1.36 bits per heavy atom. The summed E-state index contributed by atoms with van der Waals surface area (Å²) in [7, 11) is 0. The van der Waals surface area contributed by atoms with E-state index in [0.29, 0.717) is 12.1 Å². The largest absolute Gasteiger partial charge is 0.379 e. The van der Waals surface area contributed by atoms with Crippen LogP contribution < -0.4 is 10.9 Å². The van der Waals surface area contributed by atoms with Gasteiger partial charge in [0.1, 0.15) is 5.69 Å². The van der Waals surface area contributed by atoms with E-state index in [1.165, 1.54) is 0 Å². The molecule has 0 aliphatic carbocycles. The highest BCUT2D eigenvalue weighted by Crippen LogP contribution is 2.22. The Kier molecular flexibility index (Phi) is 5.37. The van der Waals surface area contributed by atoms with Crippen LogP contribution in [0.5, 0.6) is 0 Å². The lowest BCUT2D eigenvalue weighted by Crippen LogP contribution is -2.50. The van der Waals surface area contributed by atoms with Gasteiger partial charge in [-0.1, -0.05) is 0 Å². The van der Waals surface area contributed by atoms with Gasteiger partial charge in [0.2, 0.25) is 5.91 Å². The van der Waals surface area contributed by atoms with E-state index in [1.54, 1.807) is 19.1 Å². The molecule has 1 aromatic heterocycles. The third-order valence-corrected chi connectivity index (χ3v) is 4.16. The first-order valence-corrected chi connectivity index (χ1v) is 7.71. The molecule has 0 spiro atoms. The predicted octanol–water partition coefficient (Wildman–Crippen LogP) is 1.51. The van der Waals surface area contributed by atoms with Crippen molar-refractivity contribution in [3.05, 3.63) is 28.2 Å². The van der Waals surface area contributed by atoms with Gasteiger partial charge in [-0.15, -0.1) is 0 Å². The van der Waals surface area contributed by atoms with Gasteiger partial charge < -0.3 is 15.0 Å². The summed E-state index contributed by atoms with van der Waals surface area (Å²) in [5.74, 6) is -0.129. The summed E-state index contributed by atoms with van der Waals surface area (Å²) in [6.45, 7) is 9.37. The molecule has 6 heteroatoms. The van der Waals surface area contributed by atoms with Crippen LogP contribution in [0, 0.1) is 6.92 Å². The molecule has 1 fully saturated rings. The number of nitrogens with one attached hydrogen (secondary N) is 2. The van der Waals surface area contributed by atoms with E-state index >= 15 is 0 Å². The number of hydrogen-bond acceptors (Lipinski definition) is 4. The third kappa shape index (κ3) is 4.42. The summed E-state index contributed by atoms with van der Waals surface area (Å²) >= 11 is 0. The van der Waals surface area contributed by atoms with Gasteiger partial charge in [-0.25, -0.2) is 0 Å². The number of carbonyl (C=O) groups is 1. The van der Waals surface area contributed by atoms with Crippen LogP contribution in [-0.4, -0.2) is 47.6 Å². The number of amides is 1. The Morgan fingerprint density at radius 2 is 2.05 bits per heavy atom. The van der Waals surface area contributed by atoms with E-state index < -0.39 is 0 Å². The van der Waals surface area contributed by atoms with Crippen molar-refractivity contribution in [2.45, 2.75) is 39.2 Å². The summed E-state index contributed by atoms with van der Waals surface area (Å²) < 4.78 is 5.36. The van der Waals surface area contributed by atoms with Gasteiger partial charge in [0.15, 0.2) is 0 Å². The summed E-state index contributed by atoms with van der Waals surface area (Å²) in [5.41, 5.74) is 0.762. The molecule has 2 N–H and O–H groups in total. The summed E-state index contributed by atoms with van der Waals surface area (Å²) in [6.07, 6.45) is 1.13. The molecule has 2 rings (SSSR count). The van der Waals surface area contributed by atoms with Crippen molar-refractivity contribution in [3.63, 3.8) is 0 Å². The van der Waals surface area contributed by atoms with Crippen molar-refractivity contribution >= 4 is 11.6 Å². The van der Waals surface area contributed by atoms with Crippen LogP contribution in [0.2, 0.25) is 0 Å². The van der Waals surface area contributed by atoms with Crippen LogP contribution >= 0.6 is 0 Å². The number of pyridine rings is 1. The number of morpholine rings is 1. The number of aromatic amines is 1. The average molecular weight is 307 g/mol. The maximum Gasteiger partial charge on any atom is 0.271 e. The number of H-pyrrole nitrogens is 1. The fraction of sp³-hybridized carbons (Fsp3) is 0.625. The molecule has 0 bridgehead atoms. The molecule has 0 radical (unpaired) electrons. The van der Waals surface area contributed by atoms with E-state index in [1.807, 2.05) is 0 Å². The number of carbonyl (C=O) groups excluding carboxylic acids is 1. The van der Waals surface area contributed by atoms with Gasteiger partial charge >= 0.3 is 0 Å².